The number of rotatable bonds is 1. The van der Waals surface area contributed by atoms with E-state index in [2.05, 4.69) is 15.2 Å². The Morgan fingerprint density at radius 2 is 2.06 bits per heavy atom. The van der Waals surface area contributed by atoms with Gasteiger partial charge in [-0.1, -0.05) is 12.1 Å². The third-order valence-electron chi connectivity index (χ3n) is 2.84. The lowest BCUT2D eigenvalue weighted by atomic mass is 10.1. The number of aryl methyl sites for hydroxylation is 1. The number of benzene rings is 1. The summed E-state index contributed by atoms with van der Waals surface area (Å²) in [5, 5.41) is 7.74. The molecular formula is C12H10FN5. The minimum atomic E-state index is -0.337. The van der Waals surface area contributed by atoms with Crippen molar-refractivity contribution in [2.24, 2.45) is 0 Å². The second-order valence-electron chi connectivity index (χ2n) is 3.95. The van der Waals surface area contributed by atoms with Crippen LogP contribution in [0.1, 0.15) is 5.56 Å². The van der Waals surface area contributed by atoms with E-state index >= 15 is 0 Å². The molecule has 3 aromatic rings. The van der Waals surface area contributed by atoms with E-state index in [1.54, 1.807) is 22.6 Å². The normalized spacial score (nSPS) is 11.0. The number of aromatic nitrogens is 4. The lowest BCUT2D eigenvalue weighted by molar-refractivity contribution is 0.630. The van der Waals surface area contributed by atoms with Crippen LogP contribution < -0.4 is 5.73 Å². The first-order chi connectivity index (χ1) is 8.68. The molecule has 0 aliphatic carbocycles. The number of halogens is 1. The van der Waals surface area contributed by atoms with E-state index in [4.69, 9.17) is 5.73 Å². The molecule has 0 amide bonds. The largest absolute Gasteiger partial charge is 0.369 e. The van der Waals surface area contributed by atoms with Crippen LogP contribution in [0.5, 0.6) is 0 Å². The van der Waals surface area contributed by atoms with Gasteiger partial charge in [0.15, 0.2) is 5.65 Å². The van der Waals surface area contributed by atoms with Gasteiger partial charge in [-0.2, -0.15) is 0 Å². The van der Waals surface area contributed by atoms with Crippen LogP contribution >= 0.6 is 0 Å². The topological polar surface area (TPSA) is 69.1 Å². The van der Waals surface area contributed by atoms with Gasteiger partial charge in [0.05, 0.1) is 5.69 Å². The predicted octanol–water partition coefficient (Wildman–Crippen LogP) is 1.82. The summed E-state index contributed by atoms with van der Waals surface area (Å²) < 4.78 is 15.4. The van der Waals surface area contributed by atoms with Gasteiger partial charge in [-0.25, -0.2) is 9.37 Å². The van der Waals surface area contributed by atoms with E-state index in [-0.39, 0.29) is 11.8 Å². The van der Waals surface area contributed by atoms with Crippen LogP contribution in [0.2, 0.25) is 0 Å². The first-order valence-corrected chi connectivity index (χ1v) is 5.39. The highest BCUT2D eigenvalue weighted by atomic mass is 19.1. The van der Waals surface area contributed by atoms with Crippen LogP contribution in [-0.4, -0.2) is 19.6 Å². The second kappa shape index (κ2) is 3.76. The summed E-state index contributed by atoms with van der Waals surface area (Å²) in [5.41, 5.74) is 8.03. The van der Waals surface area contributed by atoms with Crippen LogP contribution in [-0.2, 0) is 0 Å². The fourth-order valence-corrected chi connectivity index (χ4v) is 1.93. The first kappa shape index (κ1) is 10.6. The van der Waals surface area contributed by atoms with Crippen LogP contribution in [0.4, 0.5) is 10.3 Å². The molecule has 5 nitrogen and oxygen atoms in total. The molecule has 0 atom stereocenters. The molecule has 0 saturated carbocycles. The second-order valence-corrected chi connectivity index (χ2v) is 3.95. The number of nitrogen functional groups attached to an aromatic ring is 1. The molecule has 2 heterocycles. The van der Waals surface area contributed by atoms with E-state index in [0.717, 1.165) is 5.56 Å². The summed E-state index contributed by atoms with van der Waals surface area (Å²) >= 11 is 0. The molecule has 0 fully saturated rings. The Morgan fingerprint density at radius 3 is 2.83 bits per heavy atom. The summed E-state index contributed by atoms with van der Waals surface area (Å²) in [5.74, 6) is -0.102. The summed E-state index contributed by atoms with van der Waals surface area (Å²) in [6.45, 7) is 1.82. The molecule has 1 aromatic carbocycles. The van der Waals surface area contributed by atoms with Crippen molar-refractivity contribution in [3.05, 3.63) is 42.0 Å². The van der Waals surface area contributed by atoms with Crippen molar-refractivity contribution in [3.8, 4) is 11.3 Å². The molecule has 0 spiro atoms. The van der Waals surface area contributed by atoms with Gasteiger partial charge in [-0.3, -0.25) is 4.40 Å². The minimum Gasteiger partial charge on any atom is -0.369 e. The molecule has 0 bridgehead atoms. The zero-order valence-corrected chi connectivity index (χ0v) is 9.63. The average Bonchev–Trinajstić information content (AvgIpc) is 2.85. The lowest BCUT2D eigenvalue weighted by Crippen LogP contribution is -2.04. The summed E-state index contributed by atoms with van der Waals surface area (Å²) in [4.78, 5) is 4.22. The number of fused-ring (bicyclic) bond motifs is 1. The third kappa shape index (κ3) is 1.42. The Morgan fingerprint density at radius 1 is 1.28 bits per heavy atom. The van der Waals surface area contributed by atoms with Crippen molar-refractivity contribution in [1.82, 2.24) is 19.6 Å². The zero-order valence-electron chi connectivity index (χ0n) is 9.63. The van der Waals surface area contributed by atoms with E-state index in [9.17, 15) is 4.39 Å². The Bertz CT molecular complexity index is 734. The summed E-state index contributed by atoms with van der Waals surface area (Å²) in [6.07, 6.45) is 1.48. The highest BCUT2D eigenvalue weighted by Gasteiger charge is 2.14. The number of nitrogens with two attached hydrogens (primary N) is 1. The third-order valence-corrected chi connectivity index (χ3v) is 2.84. The molecule has 18 heavy (non-hydrogen) atoms. The van der Waals surface area contributed by atoms with E-state index in [0.29, 0.717) is 16.9 Å². The van der Waals surface area contributed by atoms with Gasteiger partial charge < -0.3 is 5.73 Å². The van der Waals surface area contributed by atoms with Crippen molar-refractivity contribution in [2.75, 3.05) is 5.73 Å². The molecule has 0 unspecified atom stereocenters. The highest BCUT2D eigenvalue weighted by Crippen LogP contribution is 2.26. The first-order valence-electron chi connectivity index (χ1n) is 5.39. The summed E-state index contributed by atoms with van der Waals surface area (Å²) in [7, 11) is 0. The van der Waals surface area contributed by atoms with Crippen molar-refractivity contribution >= 4 is 11.6 Å². The maximum absolute atomic E-state index is 13.8. The Hall–Kier alpha value is -2.50. The molecule has 6 heteroatoms. The lowest BCUT2D eigenvalue weighted by Gasteiger charge is -2.08. The van der Waals surface area contributed by atoms with Gasteiger partial charge in [0.1, 0.15) is 12.1 Å². The average molecular weight is 243 g/mol. The van der Waals surface area contributed by atoms with Crippen molar-refractivity contribution in [3.63, 3.8) is 0 Å². The van der Waals surface area contributed by atoms with E-state index in [1.165, 1.54) is 12.4 Å². The van der Waals surface area contributed by atoms with Gasteiger partial charge >= 0.3 is 0 Å². The number of anilines is 1. The van der Waals surface area contributed by atoms with Crippen molar-refractivity contribution < 1.29 is 4.39 Å². The standard InChI is InChI=1S/C12H10FN5/c1-7-10(8-4-2-3-5-9(8)13)16-12(14)18-6-15-17-11(7)18/h2-6H,1H3,(H2,14,16). The monoisotopic (exact) mass is 243 g/mol. The SMILES string of the molecule is Cc1c(-c2ccccc2F)nc(N)n2cnnc12. The summed E-state index contributed by atoms with van der Waals surface area (Å²) in [6, 6.07) is 6.44. The maximum atomic E-state index is 13.8. The maximum Gasteiger partial charge on any atom is 0.207 e. The van der Waals surface area contributed by atoms with Crippen molar-refractivity contribution in [2.45, 2.75) is 6.92 Å². The van der Waals surface area contributed by atoms with Gasteiger partial charge in [-0.05, 0) is 19.1 Å². The van der Waals surface area contributed by atoms with Gasteiger partial charge in [0, 0.05) is 11.1 Å². The molecule has 0 radical (unpaired) electrons. The Balaban J connectivity index is 2.36. The van der Waals surface area contributed by atoms with E-state index in [1.807, 2.05) is 6.92 Å². The van der Waals surface area contributed by atoms with Crippen LogP contribution in [0.15, 0.2) is 30.6 Å². The fraction of sp³-hybridized carbons (Fsp3) is 0.0833. The number of hydrogen-bond acceptors (Lipinski definition) is 4. The van der Waals surface area contributed by atoms with Crippen LogP contribution in [0.3, 0.4) is 0 Å². The van der Waals surface area contributed by atoms with Crippen LogP contribution in [0.25, 0.3) is 16.9 Å². The predicted molar refractivity (Wildman–Crippen MR) is 65.3 cm³/mol. The highest BCUT2D eigenvalue weighted by molar-refractivity contribution is 5.71. The molecule has 90 valence electrons. The molecule has 2 N–H and O–H groups in total. The Kier molecular flexibility index (Phi) is 2.22. The minimum absolute atomic E-state index is 0.235. The zero-order chi connectivity index (χ0) is 12.7. The molecular weight excluding hydrogens is 233 g/mol. The number of hydrogen-bond donors (Lipinski definition) is 1. The molecule has 0 aliphatic rings. The van der Waals surface area contributed by atoms with E-state index < -0.39 is 0 Å². The number of nitrogens with zero attached hydrogens (tertiary/aromatic N) is 4. The smallest absolute Gasteiger partial charge is 0.207 e. The van der Waals surface area contributed by atoms with Crippen molar-refractivity contribution in [1.29, 1.82) is 0 Å². The Labute approximate surface area is 102 Å². The quantitative estimate of drug-likeness (QED) is 0.707. The van der Waals surface area contributed by atoms with Crippen LogP contribution in [0, 0.1) is 12.7 Å². The molecule has 2 aromatic heterocycles. The van der Waals surface area contributed by atoms with Gasteiger partial charge in [0.2, 0.25) is 5.95 Å². The molecule has 0 aliphatic heterocycles. The van der Waals surface area contributed by atoms with Gasteiger partial charge in [0.25, 0.3) is 0 Å². The van der Waals surface area contributed by atoms with Gasteiger partial charge in [-0.15, -0.1) is 10.2 Å². The molecule has 3 rings (SSSR count). The molecule has 0 saturated heterocycles. The fourth-order valence-electron chi connectivity index (χ4n) is 1.93.